The predicted molar refractivity (Wildman–Crippen MR) is 132 cm³/mol. The SMILES string of the molecule is O=C(O[C@@H](C(=O)c1ccccc1)c1ccccc1)c1ccc(Oc2ccc([N+](=O)[O-])cc2[N+](=O)[O-])cc1. The maximum absolute atomic E-state index is 13.1. The number of ether oxygens (including phenoxy) is 2. The Kier molecular flexibility index (Phi) is 7.29. The van der Waals surface area contributed by atoms with Crippen molar-refractivity contribution in [2.75, 3.05) is 0 Å². The summed E-state index contributed by atoms with van der Waals surface area (Å²) in [5.41, 5.74) is -0.0157. The third kappa shape index (κ3) is 5.82. The van der Waals surface area contributed by atoms with Crippen LogP contribution in [0.15, 0.2) is 103 Å². The van der Waals surface area contributed by atoms with Gasteiger partial charge in [-0.05, 0) is 30.3 Å². The van der Waals surface area contributed by atoms with Gasteiger partial charge in [0.15, 0.2) is 6.10 Å². The van der Waals surface area contributed by atoms with Crippen LogP contribution in [0.5, 0.6) is 11.5 Å². The molecule has 4 rings (SSSR count). The van der Waals surface area contributed by atoms with Gasteiger partial charge in [-0.3, -0.25) is 25.0 Å². The van der Waals surface area contributed by atoms with E-state index >= 15 is 0 Å². The Bertz CT molecular complexity index is 1460. The maximum Gasteiger partial charge on any atom is 0.339 e. The van der Waals surface area contributed by atoms with Crippen molar-refractivity contribution in [2.24, 2.45) is 0 Å². The summed E-state index contributed by atoms with van der Waals surface area (Å²) < 4.78 is 11.1. The van der Waals surface area contributed by atoms with Crippen LogP contribution in [0.4, 0.5) is 11.4 Å². The second-order valence-electron chi connectivity index (χ2n) is 7.72. The Morgan fingerprint density at radius 1 is 0.703 bits per heavy atom. The quantitative estimate of drug-likeness (QED) is 0.117. The van der Waals surface area contributed by atoms with Gasteiger partial charge in [-0.1, -0.05) is 60.7 Å². The van der Waals surface area contributed by atoms with E-state index in [4.69, 9.17) is 9.47 Å². The number of nitro groups is 2. The number of esters is 1. The van der Waals surface area contributed by atoms with Crippen molar-refractivity contribution in [2.45, 2.75) is 6.10 Å². The molecule has 0 aliphatic heterocycles. The fourth-order valence-electron chi connectivity index (χ4n) is 3.46. The molecule has 10 heteroatoms. The highest BCUT2D eigenvalue weighted by molar-refractivity contribution is 6.02. The molecular weight excluding hydrogens is 480 g/mol. The number of carbonyl (C=O) groups excluding carboxylic acids is 2. The first kappa shape index (κ1) is 24.7. The highest BCUT2D eigenvalue weighted by Gasteiger charge is 2.27. The molecule has 37 heavy (non-hydrogen) atoms. The van der Waals surface area contributed by atoms with Crippen LogP contribution in [-0.2, 0) is 4.74 Å². The first-order valence-corrected chi connectivity index (χ1v) is 10.9. The van der Waals surface area contributed by atoms with Gasteiger partial charge in [0.05, 0.1) is 21.5 Å². The van der Waals surface area contributed by atoms with Crippen LogP contribution < -0.4 is 4.74 Å². The Hall–Kier alpha value is -5.38. The molecule has 0 radical (unpaired) electrons. The first-order valence-electron chi connectivity index (χ1n) is 10.9. The third-order valence-corrected chi connectivity index (χ3v) is 5.29. The summed E-state index contributed by atoms with van der Waals surface area (Å²) in [5.74, 6) is -1.20. The lowest BCUT2D eigenvalue weighted by molar-refractivity contribution is -0.394. The Morgan fingerprint density at radius 2 is 1.32 bits per heavy atom. The zero-order chi connectivity index (χ0) is 26.4. The standard InChI is InChI=1S/C27H18N2O8/c30-25(18-7-3-1-4-8-18)26(19-9-5-2-6-10-19)37-27(31)20-11-14-22(15-12-20)36-24-16-13-21(28(32)33)17-23(24)29(34)35/h1-17,26H/t26-/m1/s1. The molecule has 0 fully saturated rings. The average Bonchev–Trinajstić information content (AvgIpc) is 2.92. The number of nitrogens with zero attached hydrogens (tertiary/aromatic N) is 2. The normalized spacial score (nSPS) is 11.2. The fraction of sp³-hybridized carbons (Fsp3) is 0.0370. The number of non-ortho nitro benzene ring substituents is 1. The zero-order valence-corrected chi connectivity index (χ0v) is 19.1. The van der Waals surface area contributed by atoms with Gasteiger partial charge in [0.2, 0.25) is 11.5 Å². The minimum Gasteiger partial charge on any atom is -0.450 e. The lowest BCUT2D eigenvalue weighted by Gasteiger charge is -2.17. The van der Waals surface area contributed by atoms with Crippen LogP contribution in [0.2, 0.25) is 0 Å². The molecule has 0 bridgehead atoms. The van der Waals surface area contributed by atoms with E-state index < -0.39 is 33.3 Å². The molecule has 10 nitrogen and oxygen atoms in total. The summed E-state index contributed by atoms with van der Waals surface area (Å²) >= 11 is 0. The lowest BCUT2D eigenvalue weighted by Crippen LogP contribution is -2.20. The van der Waals surface area contributed by atoms with Crippen molar-refractivity contribution in [1.29, 1.82) is 0 Å². The molecule has 0 unspecified atom stereocenters. The fourth-order valence-corrected chi connectivity index (χ4v) is 3.46. The monoisotopic (exact) mass is 498 g/mol. The highest BCUT2D eigenvalue weighted by Crippen LogP contribution is 2.34. The molecule has 0 saturated heterocycles. The number of hydrogen-bond donors (Lipinski definition) is 0. The van der Waals surface area contributed by atoms with Gasteiger partial charge in [0, 0.05) is 17.2 Å². The second kappa shape index (κ2) is 10.9. The Morgan fingerprint density at radius 3 is 1.92 bits per heavy atom. The molecule has 0 heterocycles. The van der Waals surface area contributed by atoms with Crippen LogP contribution in [0.3, 0.4) is 0 Å². The number of benzene rings is 4. The first-order chi connectivity index (χ1) is 17.8. The second-order valence-corrected chi connectivity index (χ2v) is 7.72. The van der Waals surface area contributed by atoms with Crippen molar-refractivity contribution in [3.05, 3.63) is 140 Å². The van der Waals surface area contributed by atoms with Gasteiger partial charge in [-0.25, -0.2) is 4.79 Å². The molecule has 0 aliphatic rings. The number of rotatable bonds is 9. The van der Waals surface area contributed by atoms with E-state index in [1.54, 1.807) is 60.7 Å². The number of carbonyl (C=O) groups is 2. The molecule has 0 spiro atoms. The molecular formula is C27H18N2O8. The Balaban J connectivity index is 1.54. The van der Waals surface area contributed by atoms with Crippen molar-refractivity contribution in [1.82, 2.24) is 0 Å². The summed E-state index contributed by atoms with van der Waals surface area (Å²) in [6, 6.07) is 25.6. The Labute approximate surface area is 210 Å². The van der Waals surface area contributed by atoms with Crippen LogP contribution >= 0.6 is 0 Å². The zero-order valence-electron chi connectivity index (χ0n) is 19.1. The molecule has 0 aliphatic carbocycles. The maximum atomic E-state index is 13.1. The van der Waals surface area contributed by atoms with Crippen LogP contribution in [0.1, 0.15) is 32.4 Å². The minimum atomic E-state index is -1.17. The van der Waals surface area contributed by atoms with Crippen molar-refractivity contribution in [3.63, 3.8) is 0 Å². The molecule has 0 amide bonds. The summed E-state index contributed by atoms with van der Waals surface area (Å²) in [6.07, 6.45) is -1.17. The number of ketones is 1. The van der Waals surface area contributed by atoms with Gasteiger partial charge in [0.25, 0.3) is 5.69 Å². The molecule has 0 N–H and O–H groups in total. The van der Waals surface area contributed by atoms with Crippen LogP contribution in [0, 0.1) is 20.2 Å². The summed E-state index contributed by atoms with van der Waals surface area (Å²) in [6.45, 7) is 0. The van der Waals surface area contributed by atoms with E-state index in [9.17, 15) is 29.8 Å². The number of hydrogen-bond acceptors (Lipinski definition) is 8. The topological polar surface area (TPSA) is 139 Å². The average molecular weight is 498 g/mol. The molecule has 4 aromatic carbocycles. The van der Waals surface area contributed by atoms with Crippen molar-refractivity contribution < 1.29 is 28.9 Å². The molecule has 1 atom stereocenters. The summed E-state index contributed by atoms with van der Waals surface area (Å²) in [5, 5.41) is 22.2. The smallest absolute Gasteiger partial charge is 0.339 e. The molecule has 184 valence electrons. The molecule has 4 aromatic rings. The van der Waals surface area contributed by atoms with Gasteiger partial charge in [-0.2, -0.15) is 0 Å². The van der Waals surface area contributed by atoms with E-state index in [1.807, 2.05) is 0 Å². The summed E-state index contributed by atoms with van der Waals surface area (Å²) in [7, 11) is 0. The van der Waals surface area contributed by atoms with Gasteiger partial charge >= 0.3 is 11.7 Å². The van der Waals surface area contributed by atoms with E-state index in [0.717, 1.165) is 18.2 Å². The van der Waals surface area contributed by atoms with Crippen molar-refractivity contribution >= 4 is 23.1 Å². The summed E-state index contributed by atoms with van der Waals surface area (Å²) in [4.78, 5) is 46.7. The van der Waals surface area contributed by atoms with E-state index in [2.05, 4.69) is 0 Å². The van der Waals surface area contributed by atoms with Gasteiger partial charge < -0.3 is 9.47 Å². The number of Topliss-reactive ketones (excluding diaryl/α,β-unsaturated/α-hetero) is 1. The highest BCUT2D eigenvalue weighted by atomic mass is 16.6. The van der Waals surface area contributed by atoms with E-state index in [-0.39, 0.29) is 22.8 Å². The largest absolute Gasteiger partial charge is 0.450 e. The van der Waals surface area contributed by atoms with Crippen molar-refractivity contribution in [3.8, 4) is 11.5 Å². The molecule has 0 aromatic heterocycles. The lowest BCUT2D eigenvalue weighted by atomic mass is 10.00. The third-order valence-electron chi connectivity index (χ3n) is 5.29. The van der Waals surface area contributed by atoms with Crippen LogP contribution in [-0.4, -0.2) is 21.6 Å². The minimum absolute atomic E-state index is 0.118. The van der Waals surface area contributed by atoms with E-state index in [1.165, 1.54) is 24.3 Å². The number of nitro benzene ring substituents is 2. The van der Waals surface area contributed by atoms with E-state index in [0.29, 0.717) is 11.1 Å². The predicted octanol–water partition coefficient (Wildman–Crippen LogP) is 6.08. The molecule has 0 saturated carbocycles. The van der Waals surface area contributed by atoms with Gasteiger partial charge in [-0.15, -0.1) is 0 Å². The van der Waals surface area contributed by atoms with Gasteiger partial charge in [0.1, 0.15) is 5.75 Å². The van der Waals surface area contributed by atoms with Crippen LogP contribution in [0.25, 0.3) is 0 Å².